The molecule has 2 aromatic rings. The number of benzene rings is 1. The molecule has 0 radical (unpaired) electrons. The Labute approximate surface area is 136 Å². The number of carbonyl (C=O) groups excluding carboxylic acids is 1. The van der Waals surface area contributed by atoms with Crippen LogP contribution in [-0.4, -0.2) is 64.6 Å². The molecule has 1 aliphatic heterocycles. The van der Waals surface area contributed by atoms with E-state index in [1.54, 1.807) is 6.92 Å². The number of hydrogen-bond acceptors (Lipinski definition) is 3. The van der Waals surface area contributed by atoms with Crippen molar-refractivity contribution in [1.29, 1.82) is 0 Å². The van der Waals surface area contributed by atoms with Crippen LogP contribution in [0, 0.1) is 0 Å². The van der Waals surface area contributed by atoms with Crippen LogP contribution in [-0.2, 0) is 6.42 Å². The molecule has 5 heteroatoms. The first-order valence-corrected chi connectivity index (χ1v) is 8.38. The van der Waals surface area contributed by atoms with Crippen LogP contribution in [0.1, 0.15) is 29.8 Å². The Balaban J connectivity index is 1.75. The highest BCUT2D eigenvalue weighted by molar-refractivity contribution is 6.07. The number of para-hydroxylation sites is 1. The lowest BCUT2D eigenvalue weighted by atomic mass is 10.1. The molecule has 23 heavy (non-hydrogen) atoms. The summed E-state index contributed by atoms with van der Waals surface area (Å²) in [6.07, 6.45) is 2.47. The molecule has 5 nitrogen and oxygen atoms in total. The number of aryl methyl sites for hydroxylation is 1. The lowest BCUT2D eigenvalue weighted by Gasteiger charge is -2.35. The Morgan fingerprint density at radius 2 is 2.04 bits per heavy atom. The van der Waals surface area contributed by atoms with E-state index in [9.17, 15) is 9.90 Å². The Morgan fingerprint density at radius 3 is 2.70 bits per heavy atom. The number of β-amino-alcohol motifs (C(OH)–C–C–N with tert-alkyl or cyclic N) is 1. The van der Waals surface area contributed by atoms with Gasteiger partial charge in [0.05, 0.1) is 11.7 Å². The van der Waals surface area contributed by atoms with Gasteiger partial charge in [-0.05, 0) is 18.9 Å². The standard InChI is InChI=1S/C18H25N3O2/c1-3-14-5-4-6-15-16(11-19-17(14)15)18(23)21-9-7-20(8-10-21)12-13(2)22/h4-6,11,13,19,22H,3,7-10,12H2,1-2H3. The van der Waals surface area contributed by atoms with Crippen molar-refractivity contribution in [2.45, 2.75) is 26.4 Å². The summed E-state index contributed by atoms with van der Waals surface area (Å²) in [6.45, 7) is 7.66. The minimum Gasteiger partial charge on any atom is -0.392 e. The summed E-state index contributed by atoms with van der Waals surface area (Å²) in [5.41, 5.74) is 3.08. The highest BCUT2D eigenvalue weighted by Gasteiger charge is 2.24. The molecule has 0 bridgehead atoms. The molecular weight excluding hydrogens is 290 g/mol. The van der Waals surface area contributed by atoms with Crippen LogP contribution in [0.5, 0.6) is 0 Å². The monoisotopic (exact) mass is 315 g/mol. The van der Waals surface area contributed by atoms with Crippen molar-refractivity contribution in [3.8, 4) is 0 Å². The normalized spacial score (nSPS) is 17.6. The Hall–Kier alpha value is -1.85. The van der Waals surface area contributed by atoms with Crippen molar-refractivity contribution in [3.63, 3.8) is 0 Å². The molecular formula is C18H25N3O2. The minimum absolute atomic E-state index is 0.0983. The second-order valence-corrected chi connectivity index (χ2v) is 6.34. The van der Waals surface area contributed by atoms with Gasteiger partial charge in [0.15, 0.2) is 0 Å². The number of nitrogens with one attached hydrogen (secondary N) is 1. The first-order chi connectivity index (χ1) is 11.1. The Bertz CT molecular complexity index is 685. The van der Waals surface area contributed by atoms with Gasteiger partial charge < -0.3 is 15.0 Å². The SMILES string of the molecule is CCc1cccc2c(C(=O)N3CCN(CC(C)O)CC3)c[nH]c12. The van der Waals surface area contributed by atoms with Crippen LogP contribution >= 0.6 is 0 Å². The second kappa shape index (κ2) is 6.72. The molecule has 1 aliphatic rings. The van der Waals surface area contributed by atoms with E-state index in [0.29, 0.717) is 19.6 Å². The number of rotatable bonds is 4. The number of hydrogen-bond donors (Lipinski definition) is 2. The fourth-order valence-electron chi connectivity index (χ4n) is 3.37. The predicted octanol–water partition coefficient (Wildman–Crippen LogP) is 1.87. The number of piperazine rings is 1. The van der Waals surface area contributed by atoms with E-state index in [-0.39, 0.29) is 12.0 Å². The van der Waals surface area contributed by atoms with E-state index in [2.05, 4.69) is 22.9 Å². The summed E-state index contributed by atoms with van der Waals surface area (Å²) in [5, 5.41) is 10.5. The third-order valence-corrected chi connectivity index (χ3v) is 4.60. The van der Waals surface area contributed by atoms with Gasteiger partial charge in [-0.1, -0.05) is 25.1 Å². The van der Waals surface area contributed by atoms with Gasteiger partial charge in [-0.2, -0.15) is 0 Å². The quantitative estimate of drug-likeness (QED) is 0.905. The van der Waals surface area contributed by atoms with Gasteiger partial charge in [0, 0.05) is 49.8 Å². The average molecular weight is 315 g/mol. The number of aliphatic hydroxyl groups is 1. The maximum absolute atomic E-state index is 12.8. The molecule has 124 valence electrons. The fraction of sp³-hybridized carbons (Fsp3) is 0.500. The zero-order valence-electron chi connectivity index (χ0n) is 13.9. The van der Waals surface area contributed by atoms with Crippen LogP contribution < -0.4 is 0 Å². The third-order valence-electron chi connectivity index (χ3n) is 4.60. The molecule has 2 heterocycles. The summed E-state index contributed by atoms with van der Waals surface area (Å²) >= 11 is 0. The summed E-state index contributed by atoms with van der Waals surface area (Å²) in [6, 6.07) is 6.14. The van der Waals surface area contributed by atoms with E-state index in [1.807, 2.05) is 23.2 Å². The van der Waals surface area contributed by atoms with Crippen molar-refractivity contribution in [2.75, 3.05) is 32.7 Å². The number of fused-ring (bicyclic) bond motifs is 1. The molecule has 1 fully saturated rings. The largest absolute Gasteiger partial charge is 0.392 e. The molecule has 1 amide bonds. The summed E-state index contributed by atoms with van der Waals surface area (Å²) in [4.78, 5) is 20.2. The van der Waals surface area contributed by atoms with Gasteiger partial charge in [-0.25, -0.2) is 0 Å². The molecule has 1 atom stereocenters. The topological polar surface area (TPSA) is 59.6 Å². The van der Waals surface area contributed by atoms with Crippen LogP contribution in [0.15, 0.2) is 24.4 Å². The number of H-pyrrole nitrogens is 1. The second-order valence-electron chi connectivity index (χ2n) is 6.34. The Morgan fingerprint density at radius 1 is 1.30 bits per heavy atom. The summed E-state index contributed by atoms with van der Waals surface area (Å²) in [5.74, 6) is 0.0983. The van der Waals surface area contributed by atoms with Crippen molar-refractivity contribution in [2.24, 2.45) is 0 Å². The van der Waals surface area contributed by atoms with Gasteiger partial charge in [0.1, 0.15) is 0 Å². The van der Waals surface area contributed by atoms with Gasteiger partial charge in [0.25, 0.3) is 5.91 Å². The fourth-order valence-corrected chi connectivity index (χ4v) is 3.37. The van der Waals surface area contributed by atoms with Crippen LogP contribution in [0.2, 0.25) is 0 Å². The zero-order valence-corrected chi connectivity index (χ0v) is 13.9. The lowest BCUT2D eigenvalue weighted by molar-refractivity contribution is 0.0556. The van der Waals surface area contributed by atoms with Gasteiger partial charge >= 0.3 is 0 Å². The summed E-state index contributed by atoms with van der Waals surface area (Å²) in [7, 11) is 0. The first-order valence-electron chi connectivity index (χ1n) is 8.38. The molecule has 2 N–H and O–H groups in total. The van der Waals surface area contributed by atoms with Crippen molar-refractivity contribution in [3.05, 3.63) is 35.5 Å². The highest BCUT2D eigenvalue weighted by atomic mass is 16.3. The lowest BCUT2D eigenvalue weighted by Crippen LogP contribution is -2.50. The molecule has 1 unspecified atom stereocenters. The molecule has 0 aliphatic carbocycles. The van der Waals surface area contributed by atoms with E-state index >= 15 is 0 Å². The molecule has 1 aromatic carbocycles. The Kier molecular flexibility index (Phi) is 4.68. The number of aliphatic hydroxyl groups excluding tert-OH is 1. The van der Waals surface area contributed by atoms with Gasteiger partial charge in [-0.3, -0.25) is 9.69 Å². The van der Waals surface area contributed by atoms with E-state index in [4.69, 9.17) is 0 Å². The average Bonchev–Trinajstić information content (AvgIpc) is 2.98. The molecule has 1 aromatic heterocycles. The molecule has 3 rings (SSSR count). The van der Waals surface area contributed by atoms with Crippen LogP contribution in [0.4, 0.5) is 0 Å². The van der Waals surface area contributed by atoms with E-state index in [0.717, 1.165) is 36.0 Å². The van der Waals surface area contributed by atoms with Crippen molar-refractivity contribution >= 4 is 16.8 Å². The van der Waals surface area contributed by atoms with E-state index < -0.39 is 0 Å². The highest BCUT2D eigenvalue weighted by Crippen LogP contribution is 2.23. The molecule has 0 spiro atoms. The first kappa shape index (κ1) is 16.0. The van der Waals surface area contributed by atoms with Crippen LogP contribution in [0.25, 0.3) is 10.9 Å². The number of amides is 1. The maximum atomic E-state index is 12.8. The number of aromatic amines is 1. The summed E-state index contributed by atoms with van der Waals surface area (Å²) < 4.78 is 0. The molecule has 0 saturated carbocycles. The van der Waals surface area contributed by atoms with Crippen molar-refractivity contribution < 1.29 is 9.90 Å². The number of nitrogens with zero attached hydrogens (tertiary/aromatic N) is 2. The minimum atomic E-state index is -0.321. The smallest absolute Gasteiger partial charge is 0.256 e. The zero-order chi connectivity index (χ0) is 16.4. The van der Waals surface area contributed by atoms with Crippen molar-refractivity contribution in [1.82, 2.24) is 14.8 Å². The van der Waals surface area contributed by atoms with Gasteiger partial charge in [0.2, 0.25) is 0 Å². The third kappa shape index (κ3) is 3.26. The predicted molar refractivity (Wildman–Crippen MR) is 91.7 cm³/mol. The number of aromatic nitrogens is 1. The van der Waals surface area contributed by atoms with Crippen LogP contribution in [0.3, 0.4) is 0 Å². The number of carbonyl (C=O) groups is 1. The van der Waals surface area contributed by atoms with Gasteiger partial charge in [-0.15, -0.1) is 0 Å². The molecule has 1 saturated heterocycles. The maximum Gasteiger partial charge on any atom is 0.256 e. The van der Waals surface area contributed by atoms with E-state index in [1.165, 1.54) is 5.56 Å².